The summed E-state index contributed by atoms with van der Waals surface area (Å²) in [5, 5.41) is 2.32. The van der Waals surface area contributed by atoms with Crippen molar-refractivity contribution in [3.05, 3.63) is 161 Å². The summed E-state index contributed by atoms with van der Waals surface area (Å²) in [6.45, 7) is 29.9. The third-order valence-electron chi connectivity index (χ3n) is 13.7. The number of benzene rings is 7. The standard InChI is InChI=1S/C59H61BN2O/c1-36-30-51-55-52(31-36)62(44-24-17-39(18-25-44)56(2,3)4)50-34-41(58(8,9)10)21-29-48(50)60(55)47-28-20-40(57(5,6)7)33-49(47)61(51)43-22-14-37(15-23-43)38-16-26-45-46-27-19-42(59(11,12)13)35-54(46)63-53(45)32-38/h14-35H,1-13H3. The number of rotatable bonds is 3. The van der Waals surface area contributed by atoms with Gasteiger partial charge in [-0.25, -0.2) is 0 Å². The van der Waals surface area contributed by atoms with Crippen molar-refractivity contribution in [1.29, 1.82) is 0 Å². The Labute approximate surface area is 375 Å². The van der Waals surface area contributed by atoms with Crippen LogP contribution in [-0.4, -0.2) is 6.71 Å². The third kappa shape index (κ3) is 6.89. The molecule has 2 aliphatic rings. The maximum atomic E-state index is 6.53. The molecule has 0 spiro atoms. The number of aryl methyl sites for hydroxylation is 1. The van der Waals surface area contributed by atoms with Crippen molar-refractivity contribution in [2.24, 2.45) is 0 Å². The first kappa shape index (κ1) is 41.0. The van der Waals surface area contributed by atoms with Gasteiger partial charge >= 0.3 is 0 Å². The molecule has 4 heteroatoms. The Morgan fingerprint density at radius 3 is 1.27 bits per heavy atom. The molecule has 10 rings (SSSR count). The number of hydrogen-bond donors (Lipinski definition) is 0. The largest absolute Gasteiger partial charge is 0.456 e. The van der Waals surface area contributed by atoms with Gasteiger partial charge in [0.05, 0.1) is 0 Å². The number of furan rings is 1. The van der Waals surface area contributed by atoms with Gasteiger partial charge in [0.2, 0.25) is 0 Å². The minimum atomic E-state index is -0.0195. The Hall–Kier alpha value is -6.00. The summed E-state index contributed by atoms with van der Waals surface area (Å²) in [5.74, 6) is 0. The lowest BCUT2D eigenvalue weighted by molar-refractivity contribution is 0.587. The summed E-state index contributed by atoms with van der Waals surface area (Å²) < 4.78 is 6.53. The maximum Gasteiger partial charge on any atom is 0.252 e. The molecule has 0 unspecified atom stereocenters. The molecule has 0 bridgehead atoms. The first-order valence-electron chi connectivity index (χ1n) is 22.9. The molecular weight excluding hydrogens is 763 g/mol. The average Bonchev–Trinajstić information content (AvgIpc) is 3.59. The van der Waals surface area contributed by atoms with E-state index in [0.29, 0.717) is 0 Å². The normalized spacial score (nSPS) is 14.0. The second-order valence-corrected chi connectivity index (χ2v) is 22.5. The molecule has 0 saturated carbocycles. The lowest BCUT2D eigenvalue weighted by atomic mass is 9.33. The summed E-state index contributed by atoms with van der Waals surface area (Å²) in [5.41, 5.74) is 22.1. The molecule has 0 saturated heterocycles. The Bertz CT molecular complexity index is 3100. The fourth-order valence-corrected chi connectivity index (χ4v) is 9.95. The Morgan fingerprint density at radius 2 is 0.778 bits per heavy atom. The van der Waals surface area contributed by atoms with Crippen molar-refractivity contribution in [2.75, 3.05) is 9.80 Å². The van der Waals surface area contributed by atoms with Gasteiger partial charge in [0.25, 0.3) is 6.71 Å². The van der Waals surface area contributed by atoms with Crippen molar-refractivity contribution >= 4 is 79.2 Å². The van der Waals surface area contributed by atoms with Crippen LogP contribution in [0, 0.1) is 6.92 Å². The van der Waals surface area contributed by atoms with Crippen LogP contribution in [0.15, 0.2) is 138 Å². The minimum absolute atomic E-state index is 0.00213. The fourth-order valence-electron chi connectivity index (χ4n) is 9.95. The number of hydrogen-bond acceptors (Lipinski definition) is 3. The van der Waals surface area contributed by atoms with Gasteiger partial charge in [0, 0.05) is 44.9 Å². The highest BCUT2D eigenvalue weighted by Crippen LogP contribution is 2.47. The van der Waals surface area contributed by atoms with E-state index in [1.165, 1.54) is 72.6 Å². The summed E-state index contributed by atoms with van der Waals surface area (Å²) in [7, 11) is 0. The van der Waals surface area contributed by atoms with Gasteiger partial charge in [-0.2, -0.15) is 0 Å². The fraction of sp³-hybridized carbons (Fsp3) is 0.288. The first-order valence-corrected chi connectivity index (χ1v) is 22.9. The quantitative estimate of drug-likeness (QED) is 0.166. The van der Waals surface area contributed by atoms with E-state index in [1.807, 2.05) is 0 Å². The van der Waals surface area contributed by atoms with E-state index in [2.05, 4.69) is 233 Å². The molecule has 7 aromatic carbocycles. The van der Waals surface area contributed by atoms with Gasteiger partial charge in [-0.05, 0) is 151 Å². The van der Waals surface area contributed by atoms with Crippen LogP contribution in [0.1, 0.15) is 111 Å². The Kier molecular flexibility index (Phi) is 9.12. The molecule has 0 aliphatic carbocycles. The molecule has 1 aromatic heterocycles. The Morgan fingerprint density at radius 1 is 0.381 bits per heavy atom. The van der Waals surface area contributed by atoms with Gasteiger partial charge in [-0.1, -0.05) is 150 Å². The van der Waals surface area contributed by atoms with Gasteiger partial charge < -0.3 is 14.2 Å². The molecule has 3 heterocycles. The van der Waals surface area contributed by atoms with Crippen LogP contribution in [0.4, 0.5) is 34.1 Å². The molecule has 0 N–H and O–H groups in total. The first-order chi connectivity index (χ1) is 29.6. The summed E-state index contributed by atoms with van der Waals surface area (Å²) in [6.07, 6.45) is 0. The SMILES string of the molecule is Cc1cc2c3c(c1)N(c1ccc(C(C)(C)C)cc1)c1cc(C(C)(C)C)ccc1B3c1ccc(C(C)(C)C)cc1N2c1ccc(-c2ccc3c(c2)oc2cc(C(C)(C)C)ccc23)cc1. The van der Waals surface area contributed by atoms with Crippen molar-refractivity contribution in [2.45, 2.75) is 112 Å². The van der Waals surface area contributed by atoms with Crippen molar-refractivity contribution in [3.8, 4) is 11.1 Å². The monoisotopic (exact) mass is 824 g/mol. The molecule has 316 valence electrons. The molecule has 8 aromatic rings. The maximum absolute atomic E-state index is 6.53. The molecule has 2 aliphatic heterocycles. The predicted molar refractivity (Wildman–Crippen MR) is 273 cm³/mol. The van der Waals surface area contributed by atoms with E-state index in [0.717, 1.165) is 38.8 Å². The highest BCUT2D eigenvalue weighted by atomic mass is 16.3. The lowest BCUT2D eigenvalue weighted by Crippen LogP contribution is -2.61. The lowest BCUT2D eigenvalue weighted by Gasteiger charge is -2.45. The highest BCUT2D eigenvalue weighted by molar-refractivity contribution is 7.00. The van der Waals surface area contributed by atoms with Crippen LogP contribution in [0.5, 0.6) is 0 Å². The minimum Gasteiger partial charge on any atom is -0.456 e. The molecular formula is C59H61BN2O. The Balaban J connectivity index is 1.15. The van der Waals surface area contributed by atoms with Gasteiger partial charge in [0.15, 0.2) is 0 Å². The molecule has 0 amide bonds. The van der Waals surface area contributed by atoms with E-state index in [9.17, 15) is 0 Å². The zero-order valence-corrected chi connectivity index (χ0v) is 39.6. The second kappa shape index (κ2) is 14.0. The second-order valence-electron chi connectivity index (χ2n) is 22.5. The summed E-state index contributed by atoms with van der Waals surface area (Å²) >= 11 is 0. The number of nitrogens with zero attached hydrogens (tertiary/aromatic N) is 2. The van der Waals surface area contributed by atoms with Crippen molar-refractivity contribution in [3.63, 3.8) is 0 Å². The molecule has 0 fully saturated rings. The molecule has 0 atom stereocenters. The number of fused-ring (bicyclic) bond motifs is 7. The van der Waals surface area contributed by atoms with Crippen molar-refractivity contribution in [1.82, 2.24) is 0 Å². The number of anilines is 6. The van der Waals surface area contributed by atoms with E-state index in [4.69, 9.17) is 4.42 Å². The van der Waals surface area contributed by atoms with Gasteiger partial charge in [-0.3, -0.25) is 0 Å². The van der Waals surface area contributed by atoms with Crippen LogP contribution < -0.4 is 26.2 Å². The van der Waals surface area contributed by atoms with E-state index >= 15 is 0 Å². The average molecular weight is 825 g/mol. The zero-order chi connectivity index (χ0) is 44.5. The topological polar surface area (TPSA) is 19.6 Å². The third-order valence-corrected chi connectivity index (χ3v) is 13.7. The molecule has 63 heavy (non-hydrogen) atoms. The van der Waals surface area contributed by atoms with Gasteiger partial charge in [0.1, 0.15) is 11.2 Å². The van der Waals surface area contributed by atoms with Crippen LogP contribution in [0.3, 0.4) is 0 Å². The van der Waals surface area contributed by atoms with Crippen LogP contribution in [-0.2, 0) is 21.7 Å². The smallest absolute Gasteiger partial charge is 0.252 e. The van der Waals surface area contributed by atoms with Crippen LogP contribution in [0.25, 0.3) is 33.1 Å². The predicted octanol–water partition coefficient (Wildman–Crippen LogP) is 14.8. The van der Waals surface area contributed by atoms with E-state index in [1.54, 1.807) is 0 Å². The molecule has 0 radical (unpaired) electrons. The molecule has 3 nitrogen and oxygen atoms in total. The van der Waals surface area contributed by atoms with Gasteiger partial charge in [-0.15, -0.1) is 0 Å². The highest BCUT2D eigenvalue weighted by Gasteiger charge is 2.44. The summed E-state index contributed by atoms with van der Waals surface area (Å²) in [4.78, 5) is 5.09. The zero-order valence-electron chi connectivity index (χ0n) is 39.6. The van der Waals surface area contributed by atoms with E-state index in [-0.39, 0.29) is 28.4 Å². The van der Waals surface area contributed by atoms with Crippen LogP contribution >= 0.6 is 0 Å². The summed E-state index contributed by atoms with van der Waals surface area (Å²) in [6, 6.07) is 51.2. The van der Waals surface area contributed by atoms with E-state index < -0.39 is 0 Å². The van der Waals surface area contributed by atoms with Crippen molar-refractivity contribution < 1.29 is 4.42 Å². The van der Waals surface area contributed by atoms with Crippen LogP contribution in [0.2, 0.25) is 0 Å².